The van der Waals surface area contributed by atoms with E-state index in [1.54, 1.807) is 0 Å². The molecule has 0 aliphatic carbocycles. The van der Waals surface area contributed by atoms with Crippen LogP contribution in [0.4, 0.5) is 0 Å². The Morgan fingerprint density at radius 1 is 0.500 bits per heavy atom. The van der Waals surface area contributed by atoms with Crippen LogP contribution in [0, 0.1) is 31.1 Å². The number of rotatable bonds is 0. The van der Waals surface area contributed by atoms with Crippen LogP contribution in [-0.4, -0.2) is 0 Å². The van der Waals surface area contributed by atoms with Gasteiger partial charge in [-0.2, -0.15) is 0 Å². The largest absolute Gasteiger partial charge is 2.00 e. The molecule has 0 saturated heterocycles. The normalized spacial score (nSPS) is 0. The molecule has 0 atom stereocenters. The third kappa shape index (κ3) is 13.6. The van der Waals surface area contributed by atoms with E-state index in [1.165, 1.54) is 0 Å². The summed E-state index contributed by atoms with van der Waals surface area (Å²) in [5.74, 6) is 0. The molecule has 0 spiro atoms. The Balaban J connectivity index is 0. The fourth-order valence-electron chi connectivity index (χ4n) is 0. The summed E-state index contributed by atoms with van der Waals surface area (Å²) in [6.07, 6.45) is 0. The van der Waals surface area contributed by atoms with Gasteiger partial charge in [-0.1, -0.05) is 0 Å². The molecular formula is F3U-. The zero-order chi connectivity index (χ0) is 0. The van der Waals surface area contributed by atoms with Gasteiger partial charge < -0.3 is 14.1 Å². The van der Waals surface area contributed by atoms with Gasteiger partial charge >= 0.3 is 31.1 Å². The minimum Gasteiger partial charge on any atom is -1.00 e. The molecule has 0 bridgehead atoms. The van der Waals surface area contributed by atoms with Gasteiger partial charge in [0.15, 0.2) is 0 Å². The van der Waals surface area contributed by atoms with E-state index >= 15 is 0 Å². The Morgan fingerprint density at radius 2 is 0.500 bits per heavy atom. The van der Waals surface area contributed by atoms with Gasteiger partial charge in [0.05, 0.1) is 0 Å². The van der Waals surface area contributed by atoms with Gasteiger partial charge in [0.1, 0.15) is 0 Å². The minimum absolute atomic E-state index is 0. The Bertz CT molecular complexity index is 3.25. The topological polar surface area (TPSA) is 0 Å². The molecule has 0 aliphatic rings. The van der Waals surface area contributed by atoms with Crippen molar-refractivity contribution >= 4 is 0 Å². The van der Waals surface area contributed by atoms with Crippen molar-refractivity contribution in [3.63, 3.8) is 0 Å². The summed E-state index contributed by atoms with van der Waals surface area (Å²) < 4.78 is 0. The van der Waals surface area contributed by atoms with E-state index in [0.29, 0.717) is 0 Å². The van der Waals surface area contributed by atoms with Crippen molar-refractivity contribution in [3.05, 3.63) is 0 Å². The average Bonchev–Trinajstić information content (AvgIpc) is 0. The fraction of sp³-hybridized carbons (Fsp3) is 0. The van der Waals surface area contributed by atoms with Crippen LogP contribution in [-0.2, 0) is 0 Å². The molecule has 0 aliphatic heterocycles. The summed E-state index contributed by atoms with van der Waals surface area (Å²) in [5, 5.41) is 0. The van der Waals surface area contributed by atoms with Crippen molar-refractivity contribution in [2.75, 3.05) is 0 Å². The van der Waals surface area contributed by atoms with E-state index in [-0.39, 0.29) is 45.2 Å². The van der Waals surface area contributed by atoms with Crippen LogP contribution in [0.15, 0.2) is 0 Å². The zero-order valence-electron chi connectivity index (χ0n) is 1.63. The SMILES string of the molecule is [F-].[F-].[F-].[U+2]. The van der Waals surface area contributed by atoms with Gasteiger partial charge in [-0.3, -0.25) is 0 Å². The molecule has 0 radical (unpaired) electrons. The number of halogens is 3. The van der Waals surface area contributed by atoms with E-state index in [0.717, 1.165) is 0 Å². The standard InChI is InChI=1S/3FH.U/h3*1H;/q;;;+2/p-3. The molecule has 0 aromatic rings. The second-order valence-corrected chi connectivity index (χ2v) is 0. The molecule has 4 heteroatoms. The predicted molar refractivity (Wildman–Crippen MR) is 0 cm³/mol. The quantitative estimate of drug-likeness (QED) is 0.416. The third-order valence-electron chi connectivity index (χ3n) is 0. The van der Waals surface area contributed by atoms with Gasteiger partial charge in [0.25, 0.3) is 0 Å². The molecule has 0 fully saturated rings. The Hall–Kier alpha value is 0.842. The second-order valence-electron chi connectivity index (χ2n) is 0. The van der Waals surface area contributed by atoms with Crippen molar-refractivity contribution < 1.29 is 45.2 Å². The van der Waals surface area contributed by atoms with Crippen molar-refractivity contribution in [1.29, 1.82) is 0 Å². The van der Waals surface area contributed by atoms with E-state index in [1.807, 2.05) is 0 Å². The van der Waals surface area contributed by atoms with Crippen LogP contribution in [0.3, 0.4) is 0 Å². The maximum Gasteiger partial charge on any atom is 2.00 e. The first kappa shape index (κ1) is 101. The molecular weight excluding hydrogens is 295 g/mol. The maximum atomic E-state index is 0. The first-order chi connectivity index (χ1) is 0. The van der Waals surface area contributed by atoms with Crippen LogP contribution in [0.5, 0.6) is 0 Å². The molecule has 0 saturated carbocycles. The van der Waals surface area contributed by atoms with Crippen molar-refractivity contribution in [3.8, 4) is 0 Å². The van der Waals surface area contributed by atoms with Gasteiger partial charge in [0, 0.05) is 0 Å². The first-order valence-corrected chi connectivity index (χ1v) is 0. The molecule has 0 aromatic carbocycles. The molecule has 0 aromatic heterocycles. The monoisotopic (exact) mass is 295 g/mol. The van der Waals surface area contributed by atoms with Crippen LogP contribution in [0.2, 0.25) is 0 Å². The molecule has 4 heavy (non-hydrogen) atoms. The molecule has 0 heterocycles. The van der Waals surface area contributed by atoms with Crippen LogP contribution in [0.1, 0.15) is 0 Å². The number of hydrogen-bond acceptors (Lipinski definition) is 0. The fourth-order valence-corrected chi connectivity index (χ4v) is 0. The van der Waals surface area contributed by atoms with E-state index < -0.39 is 0 Å². The molecule has 0 nitrogen and oxygen atoms in total. The van der Waals surface area contributed by atoms with Crippen molar-refractivity contribution in [2.45, 2.75) is 0 Å². The summed E-state index contributed by atoms with van der Waals surface area (Å²) in [5.41, 5.74) is 0. The van der Waals surface area contributed by atoms with Crippen molar-refractivity contribution in [1.82, 2.24) is 0 Å². The van der Waals surface area contributed by atoms with Crippen LogP contribution < -0.4 is 14.1 Å². The molecule has 0 rings (SSSR count). The Kier molecular flexibility index (Phi) is 1100. The average molecular weight is 295 g/mol. The zero-order valence-corrected chi connectivity index (χ0v) is 5.80. The number of hydrogen-bond donors (Lipinski definition) is 0. The first-order valence-electron chi connectivity index (χ1n) is 0. The van der Waals surface area contributed by atoms with Crippen LogP contribution in [0.25, 0.3) is 0 Å². The summed E-state index contributed by atoms with van der Waals surface area (Å²) in [6, 6.07) is 0. The van der Waals surface area contributed by atoms with E-state index in [2.05, 4.69) is 0 Å². The van der Waals surface area contributed by atoms with E-state index in [9.17, 15) is 0 Å². The smallest absolute Gasteiger partial charge is 1.00 e. The minimum atomic E-state index is 0. The molecule has 26 valence electrons. The summed E-state index contributed by atoms with van der Waals surface area (Å²) >= 11 is 0. The summed E-state index contributed by atoms with van der Waals surface area (Å²) in [6.45, 7) is 0. The molecule has 0 N–H and O–H groups in total. The Labute approximate surface area is 45.4 Å². The third-order valence-corrected chi connectivity index (χ3v) is 0. The molecule has 0 unspecified atom stereocenters. The van der Waals surface area contributed by atoms with E-state index in [4.69, 9.17) is 0 Å². The summed E-state index contributed by atoms with van der Waals surface area (Å²) in [7, 11) is 0. The van der Waals surface area contributed by atoms with Gasteiger partial charge in [-0.05, 0) is 0 Å². The van der Waals surface area contributed by atoms with Crippen molar-refractivity contribution in [2.24, 2.45) is 0 Å². The molecule has 0 amide bonds. The second kappa shape index (κ2) is 43.8. The Morgan fingerprint density at radius 3 is 0.500 bits per heavy atom. The summed E-state index contributed by atoms with van der Waals surface area (Å²) in [4.78, 5) is 0. The van der Waals surface area contributed by atoms with Crippen LogP contribution >= 0.6 is 0 Å². The maximum absolute atomic E-state index is 0. The van der Waals surface area contributed by atoms with Gasteiger partial charge in [0.2, 0.25) is 0 Å². The predicted octanol–water partition coefficient (Wildman–Crippen LogP) is -8.99. The van der Waals surface area contributed by atoms with Gasteiger partial charge in [-0.25, -0.2) is 0 Å². The van der Waals surface area contributed by atoms with Gasteiger partial charge in [-0.15, -0.1) is 0 Å².